The third kappa shape index (κ3) is 4.65. The Labute approximate surface area is 170 Å². The van der Waals surface area contributed by atoms with Crippen LogP contribution in [0, 0.1) is 0 Å². The van der Waals surface area contributed by atoms with Crippen molar-refractivity contribution in [1.29, 1.82) is 0 Å². The van der Waals surface area contributed by atoms with Gasteiger partial charge in [-0.05, 0) is 42.5 Å². The van der Waals surface area contributed by atoms with Crippen molar-refractivity contribution in [2.24, 2.45) is 0 Å². The quantitative estimate of drug-likeness (QED) is 0.726. The van der Waals surface area contributed by atoms with Gasteiger partial charge < -0.3 is 15.0 Å². The predicted molar refractivity (Wildman–Crippen MR) is 112 cm³/mol. The fourth-order valence-electron chi connectivity index (χ4n) is 3.57. The van der Waals surface area contributed by atoms with Crippen LogP contribution in [0.2, 0.25) is 0 Å². The molecule has 1 N–H and O–H groups in total. The van der Waals surface area contributed by atoms with Crippen LogP contribution in [-0.4, -0.2) is 30.9 Å². The number of nitrogens with zero attached hydrogens (tertiary/aromatic N) is 1. The van der Waals surface area contributed by atoms with E-state index in [4.69, 9.17) is 4.74 Å². The molecule has 2 aromatic carbocycles. The van der Waals surface area contributed by atoms with Crippen LogP contribution in [0.5, 0.6) is 0 Å². The highest BCUT2D eigenvalue weighted by atomic mass is 16.5. The van der Waals surface area contributed by atoms with Crippen LogP contribution in [0.15, 0.2) is 42.5 Å². The molecule has 0 saturated carbocycles. The van der Waals surface area contributed by atoms with Crippen molar-refractivity contribution in [2.75, 3.05) is 23.4 Å². The first-order valence-corrected chi connectivity index (χ1v) is 10.0. The maximum absolute atomic E-state index is 12.6. The number of benzene rings is 2. The Morgan fingerprint density at radius 3 is 2.34 bits per heavy atom. The maximum Gasteiger partial charge on any atom is 0.340 e. The average molecular weight is 394 g/mol. The van der Waals surface area contributed by atoms with E-state index in [0.29, 0.717) is 24.2 Å². The summed E-state index contributed by atoms with van der Waals surface area (Å²) in [6.07, 6.45) is 2.82. The zero-order valence-corrected chi connectivity index (χ0v) is 16.9. The number of rotatable bonds is 7. The molecule has 1 aliphatic heterocycles. The minimum absolute atomic E-state index is 0.00809. The van der Waals surface area contributed by atoms with E-state index in [1.165, 1.54) is 0 Å². The van der Waals surface area contributed by atoms with Gasteiger partial charge in [-0.2, -0.15) is 0 Å². The molecule has 6 heteroatoms. The van der Waals surface area contributed by atoms with Gasteiger partial charge in [-0.15, -0.1) is 0 Å². The van der Waals surface area contributed by atoms with E-state index in [1.54, 1.807) is 29.2 Å². The van der Waals surface area contributed by atoms with E-state index < -0.39 is 5.97 Å². The topological polar surface area (TPSA) is 75.7 Å². The molecule has 0 aliphatic carbocycles. The van der Waals surface area contributed by atoms with Crippen molar-refractivity contribution >= 4 is 29.2 Å². The van der Waals surface area contributed by atoms with E-state index in [9.17, 15) is 14.4 Å². The first-order valence-electron chi connectivity index (χ1n) is 10.0. The van der Waals surface area contributed by atoms with E-state index in [2.05, 4.69) is 5.32 Å². The fraction of sp³-hybridized carbons (Fsp3) is 0.348. The Kier molecular flexibility index (Phi) is 6.65. The molecule has 0 unspecified atom stereocenters. The number of esters is 1. The first-order chi connectivity index (χ1) is 14.0. The molecular weight excluding hydrogens is 368 g/mol. The summed E-state index contributed by atoms with van der Waals surface area (Å²) in [7, 11) is 0. The van der Waals surface area contributed by atoms with Crippen LogP contribution in [0.25, 0.3) is 0 Å². The number of aryl methyl sites for hydroxylation is 2. The SMILES string of the molecule is CCc1cccc(CC)c1NC(=O)COC(=O)c1ccccc1N1CCCC1=O. The molecular formula is C23H26N2O4. The van der Waals surface area contributed by atoms with Crippen LogP contribution in [0.1, 0.15) is 48.2 Å². The van der Waals surface area contributed by atoms with Gasteiger partial charge in [-0.25, -0.2) is 4.79 Å². The van der Waals surface area contributed by atoms with Crippen molar-refractivity contribution < 1.29 is 19.1 Å². The lowest BCUT2D eigenvalue weighted by Gasteiger charge is -2.19. The van der Waals surface area contributed by atoms with E-state index >= 15 is 0 Å². The zero-order valence-electron chi connectivity index (χ0n) is 16.9. The van der Waals surface area contributed by atoms with Crippen LogP contribution >= 0.6 is 0 Å². The second-order valence-corrected chi connectivity index (χ2v) is 6.95. The van der Waals surface area contributed by atoms with Gasteiger partial charge in [0, 0.05) is 18.7 Å². The molecule has 0 aromatic heterocycles. The number of amides is 2. The summed E-state index contributed by atoms with van der Waals surface area (Å²) in [5.74, 6) is -1.01. The van der Waals surface area contributed by atoms with Crippen LogP contribution in [-0.2, 0) is 27.2 Å². The van der Waals surface area contributed by atoms with Crippen molar-refractivity contribution in [3.05, 3.63) is 59.2 Å². The number of hydrogen-bond acceptors (Lipinski definition) is 4. The highest BCUT2D eigenvalue weighted by Gasteiger charge is 2.26. The molecule has 152 valence electrons. The van der Waals surface area contributed by atoms with E-state index in [1.807, 2.05) is 32.0 Å². The number of anilines is 2. The molecule has 29 heavy (non-hydrogen) atoms. The molecule has 6 nitrogen and oxygen atoms in total. The number of ether oxygens (including phenoxy) is 1. The normalized spacial score (nSPS) is 13.4. The zero-order chi connectivity index (χ0) is 20.8. The summed E-state index contributed by atoms with van der Waals surface area (Å²) in [5.41, 5.74) is 3.70. The number of hydrogen-bond donors (Lipinski definition) is 1. The smallest absolute Gasteiger partial charge is 0.340 e. The van der Waals surface area contributed by atoms with Gasteiger partial charge in [-0.1, -0.05) is 44.2 Å². The lowest BCUT2D eigenvalue weighted by atomic mass is 10.0. The number of nitrogens with one attached hydrogen (secondary N) is 1. The number of para-hydroxylation sites is 2. The van der Waals surface area contributed by atoms with Gasteiger partial charge in [0.2, 0.25) is 5.91 Å². The molecule has 1 aliphatic rings. The highest BCUT2D eigenvalue weighted by molar-refractivity contribution is 6.04. The summed E-state index contributed by atoms with van der Waals surface area (Å²) in [6.45, 7) is 4.25. The lowest BCUT2D eigenvalue weighted by molar-refractivity contribution is -0.119. The Morgan fingerprint density at radius 2 is 1.72 bits per heavy atom. The number of carbonyl (C=O) groups is 3. The predicted octanol–water partition coefficient (Wildman–Crippen LogP) is 3.73. The second kappa shape index (κ2) is 9.37. The Bertz CT molecular complexity index is 901. The summed E-state index contributed by atoms with van der Waals surface area (Å²) in [6, 6.07) is 12.8. The molecule has 0 atom stereocenters. The second-order valence-electron chi connectivity index (χ2n) is 6.95. The van der Waals surface area contributed by atoms with Crippen LogP contribution in [0.4, 0.5) is 11.4 Å². The Morgan fingerprint density at radius 1 is 1.03 bits per heavy atom. The van der Waals surface area contributed by atoms with Crippen molar-refractivity contribution in [2.45, 2.75) is 39.5 Å². The molecule has 0 radical (unpaired) electrons. The first kappa shape index (κ1) is 20.6. The fourth-order valence-corrected chi connectivity index (χ4v) is 3.57. The van der Waals surface area contributed by atoms with Gasteiger partial charge in [0.1, 0.15) is 0 Å². The van der Waals surface area contributed by atoms with E-state index in [-0.39, 0.29) is 18.4 Å². The van der Waals surface area contributed by atoms with Gasteiger partial charge in [0.25, 0.3) is 5.91 Å². The van der Waals surface area contributed by atoms with Crippen molar-refractivity contribution in [3.8, 4) is 0 Å². The summed E-state index contributed by atoms with van der Waals surface area (Å²) >= 11 is 0. The Hall–Kier alpha value is -3.15. The minimum Gasteiger partial charge on any atom is -0.452 e. The summed E-state index contributed by atoms with van der Waals surface area (Å²) in [5, 5.41) is 2.88. The molecule has 1 saturated heterocycles. The number of carbonyl (C=O) groups excluding carboxylic acids is 3. The molecule has 0 spiro atoms. The lowest BCUT2D eigenvalue weighted by Crippen LogP contribution is -2.27. The highest BCUT2D eigenvalue weighted by Crippen LogP contribution is 2.26. The molecule has 2 amide bonds. The van der Waals surface area contributed by atoms with Gasteiger partial charge in [0.15, 0.2) is 6.61 Å². The van der Waals surface area contributed by atoms with Crippen LogP contribution < -0.4 is 10.2 Å². The van der Waals surface area contributed by atoms with Gasteiger partial charge in [0.05, 0.1) is 11.3 Å². The third-order valence-corrected chi connectivity index (χ3v) is 5.09. The standard InChI is InChI=1S/C23H26N2O4/c1-3-16-9-7-10-17(4-2)22(16)24-20(26)15-29-23(28)18-11-5-6-12-19(18)25-14-8-13-21(25)27/h5-7,9-12H,3-4,8,13-15H2,1-2H3,(H,24,26). The molecule has 3 rings (SSSR count). The monoisotopic (exact) mass is 394 g/mol. The van der Waals surface area contributed by atoms with Gasteiger partial charge >= 0.3 is 5.97 Å². The molecule has 1 heterocycles. The minimum atomic E-state index is -0.616. The van der Waals surface area contributed by atoms with Gasteiger partial charge in [-0.3, -0.25) is 9.59 Å². The third-order valence-electron chi connectivity index (χ3n) is 5.09. The van der Waals surface area contributed by atoms with Crippen LogP contribution in [0.3, 0.4) is 0 Å². The molecule has 2 aromatic rings. The molecule has 0 bridgehead atoms. The van der Waals surface area contributed by atoms with E-state index in [0.717, 1.165) is 36.1 Å². The maximum atomic E-state index is 12.6. The Balaban J connectivity index is 1.68. The average Bonchev–Trinajstić information content (AvgIpc) is 3.17. The van der Waals surface area contributed by atoms with Crippen molar-refractivity contribution in [1.82, 2.24) is 0 Å². The molecule has 1 fully saturated rings. The summed E-state index contributed by atoms with van der Waals surface area (Å²) < 4.78 is 5.26. The summed E-state index contributed by atoms with van der Waals surface area (Å²) in [4.78, 5) is 38.7. The largest absolute Gasteiger partial charge is 0.452 e. The van der Waals surface area contributed by atoms with Crippen molar-refractivity contribution in [3.63, 3.8) is 0 Å².